The first-order valence-electron chi connectivity index (χ1n) is 10.1. The van der Waals surface area contributed by atoms with E-state index in [1.165, 1.54) is 0 Å². The molecule has 9 heteroatoms. The molecule has 1 fully saturated rings. The molecule has 3 aromatic rings. The molecule has 4 rings (SSSR count). The number of nitrogens with one attached hydrogen (secondary N) is 1. The van der Waals surface area contributed by atoms with Gasteiger partial charge in [0, 0.05) is 37.8 Å². The summed E-state index contributed by atoms with van der Waals surface area (Å²) in [7, 11) is -2.87. The molecule has 156 valence electrons. The number of nitrogens with zero attached hydrogens (tertiary/aromatic N) is 4. The molecule has 1 saturated heterocycles. The smallest absolute Gasteiger partial charge is 0.329 e. The normalized spacial score (nSPS) is 18.6. The summed E-state index contributed by atoms with van der Waals surface area (Å²) in [6, 6.07) is 6.12. The molecule has 0 spiro atoms. The summed E-state index contributed by atoms with van der Waals surface area (Å²) in [5, 5.41) is 3.34. The number of sulfone groups is 1. The fourth-order valence-electron chi connectivity index (χ4n) is 4.17. The first-order chi connectivity index (χ1) is 13.9. The maximum Gasteiger partial charge on any atom is 0.329 e. The predicted octanol–water partition coefficient (Wildman–Crippen LogP) is 1.48. The fraction of sp³-hybridized carbons (Fsp3) is 0.500. The zero-order chi connectivity index (χ0) is 20.6. The minimum absolute atomic E-state index is 0.0198. The van der Waals surface area contributed by atoms with E-state index in [4.69, 9.17) is 0 Å². The summed E-state index contributed by atoms with van der Waals surface area (Å²) in [5.41, 5.74) is 3.88. The van der Waals surface area contributed by atoms with Crippen LogP contribution in [0.3, 0.4) is 0 Å². The van der Waals surface area contributed by atoms with E-state index in [1.807, 2.05) is 32.2 Å². The lowest BCUT2D eigenvalue weighted by Gasteiger charge is -2.13. The molecular weight excluding hydrogens is 390 g/mol. The van der Waals surface area contributed by atoms with Gasteiger partial charge in [-0.15, -0.1) is 0 Å². The van der Waals surface area contributed by atoms with Gasteiger partial charge in [0.1, 0.15) is 0 Å². The Morgan fingerprint density at radius 3 is 2.62 bits per heavy atom. The van der Waals surface area contributed by atoms with Crippen LogP contribution in [0.2, 0.25) is 0 Å². The van der Waals surface area contributed by atoms with Gasteiger partial charge in [-0.05, 0) is 32.4 Å². The quantitative estimate of drug-likeness (QED) is 0.629. The second kappa shape index (κ2) is 7.79. The zero-order valence-corrected chi connectivity index (χ0v) is 17.7. The molecule has 29 heavy (non-hydrogen) atoms. The molecule has 0 saturated carbocycles. The monoisotopic (exact) mass is 417 g/mol. The Morgan fingerprint density at radius 1 is 1.17 bits per heavy atom. The number of aryl methyl sites for hydroxylation is 2. The number of aromatic nitrogens is 4. The SMILES string of the molecule is CCn1c(=O)n(CC)c2cc(-c3cncn3CCN[C@H]3CCS(=O)(=O)C3)ccc21. The molecule has 1 N–H and O–H groups in total. The van der Waals surface area contributed by atoms with Crippen molar-refractivity contribution < 1.29 is 8.42 Å². The van der Waals surface area contributed by atoms with E-state index < -0.39 is 9.84 Å². The van der Waals surface area contributed by atoms with Gasteiger partial charge in [0.15, 0.2) is 9.84 Å². The van der Waals surface area contributed by atoms with Crippen molar-refractivity contribution in [2.75, 3.05) is 18.1 Å². The standard InChI is InChI=1S/C20H27N5O3S/c1-3-24-17-6-5-15(11-18(17)25(4-2)20(24)26)19-12-21-14-23(19)9-8-22-16-7-10-29(27,28)13-16/h5-6,11-12,14,16,22H,3-4,7-10,13H2,1-2H3/t16-/m0/s1. The van der Waals surface area contributed by atoms with E-state index in [2.05, 4.69) is 20.9 Å². The van der Waals surface area contributed by atoms with E-state index in [-0.39, 0.29) is 23.2 Å². The molecule has 1 atom stereocenters. The van der Waals surface area contributed by atoms with Crippen LogP contribution in [0.15, 0.2) is 35.5 Å². The van der Waals surface area contributed by atoms with Crippen molar-refractivity contribution in [2.24, 2.45) is 0 Å². The van der Waals surface area contributed by atoms with E-state index in [0.717, 1.165) is 22.3 Å². The number of hydrogen-bond donors (Lipinski definition) is 1. The summed E-state index contributed by atoms with van der Waals surface area (Å²) < 4.78 is 28.8. The van der Waals surface area contributed by atoms with Gasteiger partial charge < -0.3 is 9.88 Å². The first-order valence-corrected chi connectivity index (χ1v) is 11.9. The van der Waals surface area contributed by atoms with Crippen LogP contribution in [0, 0.1) is 0 Å². The molecule has 1 aliphatic heterocycles. The van der Waals surface area contributed by atoms with E-state index in [1.54, 1.807) is 15.5 Å². The largest absolute Gasteiger partial charge is 0.329 e. The molecule has 0 bridgehead atoms. The third-order valence-corrected chi connectivity index (χ3v) is 7.45. The van der Waals surface area contributed by atoms with Crippen LogP contribution in [0.1, 0.15) is 20.3 Å². The average molecular weight is 418 g/mol. The maximum absolute atomic E-state index is 12.6. The van der Waals surface area contributed by atoms with Crippen LogP contribution in [-0.4, -0.2) is 51.2 Å². The molecule has 0 aliphatic carbocycles. The van der Waals surface area contributed by atoms with Gasteiger partial charge in [-0.3, -0.25) is 9.13 Å². The second-order valence-electron chi connectivity index (χ2n) is 7.50. The van der Waals surface area contributed by atoms with Gasteiger partial charge >= 0.3 is 5.69 Å². The Bertz CT molecular complexity index is 1190. The third-order valence-electron chi connectivity index (χ3n) is 5.68. The maximum atomic E-state index is 12.6. The molecule has 1 aromatic carbocycles. The molecule has 0 amide bonds. The number of hydrogen-bond acceptors (Lipinski definition) is 5. The second-order valence-corrected chi connectivity index (χ2v) is 9.73. The van der Waals surface area contributed by atoms with Gasteiger partial charge in [0.2, 0.25) is 0 Å². The van der Waals surface area contributed by atoms with Crippen molar-refractivity contribution in [3.8, 4) is 11.3 Å². The highest BCUT2D eigenvalue weighted by Crippen LogP contribution is 2.24. The summed E-state index contributed by atoms with van der Waals surface area (Å²) in [6.45, 7) is 6.60. The Morgan fingerprint density at radius 2 is 1.93 bits per heavy atom. The number of benzene rings is 1. The Hall–Kier alpha value is -2.39. The number of fused-ring (bicyclic) bond motifs is 1. The summed E-state index contributed by atoms with van der Waals surface area (Å²) in [4.78, 5) is 16.9. The van der Waals surface area contributed by atoms with Crippen molar-refractivity contribution in [1.29, 1.82) is 0 Å². The summed E-state index contributed by atoms with van der Waals surface area (Å²) >= 11 is 0. The highest BCUT2D eigenvalue weighted by Gasteiger charge is 2.27. The van der Waals surface area contributed by atoms with Crippen LogP contribution < -0.4 is 11.0 Å². The molecular formula is C20H27N5O3S. The Balaban J connectivity index is 1.56. The highest BCUT2D eigenvalue weighted by atomic mass is 32.2. The van der Waals surface area contributed by atoms with Crippen molar-refractivity contribution >= 4 is 20.9 Å². The topological polar surface area (TPSA) is 90.9 Å². The molecule has 2 aromatic heterocycles. The lowest BCUT2D eigenvalue weighted by molar-refractivity contribution is 0.521. The number of rotatable bonds is 7. The van der Waals surface area contributed by atoms with Gasteiger partial charge in [-0.2, -0.15) is 0 Å². The van der Waals surface area contributed by atoms with Crippen LogP contribution in [-0.2, 0) is 29.5 Å². The summed E-state index contributed by atoms with van der Waals surface area (Å²) in [6.07, 6.45) is 4.29. The van der Waals surface area contributed by atoms with Crippen LogP contribution in [0.25, 0.3) is 22.3 Å². The summed E-state index contributed by atoms with van der Waals surface area (Å²) in [5.74, 6) is 0.501. The van der Waals surface area contributed by atoms with Crippen LogP contribution in [0.5, 0.6) is 0 Å². The van der Waals surface area contributed by atoms with Crippen molar-refractivity contribution in [3.05, 3.63) is 41.2 Å². The van der Waals surface area contributed by atoms with Gasteiger partial charge in [0.25, 0.3) is 0 Å². The zero-order valence-electron chi connectivity index (χ0n) is 16.8. The first kappa shape index (κ1) is 19.9. The minimum atomic E-state index is -2.87. The lowest BCUT2D eigenvalue weighted by Crippen LogP contribution is -2.32. The van der Waals surface area contributed by atoms with Crippen LogP contribution in [0.4, 0.5) is 0 Å². The lowest BCUT2D eigenvalue weighted by atomic mass is 10.1. The van der Waals surface area contributed by atoms with Crippen molar-refractivity contribution in [1.82, 2.24) is 24.0 Å². The van der Waals surface area contributed by atoms with Gasteiger partial charge in [0.05, 0.1) is 40.8 Å². The van der Waals surface area contributed by atoms with Gasteiger partial charge in [-0.1, -0.05) is 6.07 Å². The molecule has 8 nitrogen and oxygen atoms in total. The third kappa shape index (κ3) is 3.76. The van der Waals surface area contributed by atoms with E-state index in [0.29, 0.717) is 32.6 Å². The molecule has 1 aliphatic rings. The van der Waals surface area contributed by atoms with Crippen molar-refractivity contribution in [3.63, 3.8) is 0 Å². The molecule has 3 heterocycles. The average Bonchev–Trinajstić information content (AvgIpc) is 3.36. The molecule has 0 radical (unpaired) electrons. The molecule has 0 unspecified atom stereocenters. The van der Waals surface area contributed by atoms with Crippen LogP contribution >= 0.6 is 0 Å². The highest BCUT2D eigenvalue weighted by molar-refractivity contribution is 7.91. The van der Waals surface area contributed by atoms with Crippen molar-refractivity contribution in [2.45, 2.75) is 45.9 Å². The Labute approximate surface area is 170 Å². The number of imidazole rings is 2. The van der Waals surface area contributed by atoms with E-state index >= 15 is 0 Å². The predicted molar refractivity (Wildman–Crippen MR) is 114 cm³/mol. The minimum Gasteiger partial charge on any atom is -0.329 e. The Kier molecular flexibility index (Phi) is 5.35. The van der Waals surface area contributed by atoms with E-state index in [9.17, 15) is 13.2 Å². The fourth-order valence-corrected chi connectivity index (χ4v) is 5.88. The van der Waals surface area contributed by atoms with Gasteiger partial charge in [-0.25, -0.2) is 18.2 Å².